The molecule has 0 N–H and O–H groups in total. The summed E-state index contributed by atoms with van der Waals surface area (Å²) in [6.07, 6.45) is 5.29. The van der Waals surface area contributed by atoms with E-state index >= 15 is 0 Å². The normalized spacial score (nSPS) is 9.29. The van der Waals surface area contributed by atoms with Crippen molar-refractivity contribution in [2.45, 2.75) is 6.92 Å². The molecule has 37 valence electrons. The van der Waals surface area contributed by atoms with E-state index in [0.717, 1.165) is 5.57 Å². The minimum atomic E-state index is 0.805. The van der Waals surface area contributed by atoms with Crippen LogP contribution in [0.2, 0.25) is 0 Å². The van der Waals surface area contributed by atoms with Crippen molar-refractivity contribution < 1.29 is 0 Å². The number of hydrogen-bond acceptors (Lipinski definition) is 0. The Morgan fingerprint density at radius 1 is 1.71 bits per heavy atom. The molecule has 0 nitrogen and oxygen atoms in total. The third-order valence-electron chi connectivity index (χ3n) is 0.495. The van der Waals surface area contributed by atoms with Gasteiger partial charge in [0.15, 0.2) is 0 Å². The van der Waals surface area contributed by atoms with Crippen molar-refractivity contribution in [3.05, 3.63) is 37.0 Å². The molecular weight excluding hydrogens is 84.1 g/mol. The molecule has 0 bridgehead atoms. The average molecular weight is 93.1 g/mol. The summed E-state index contributed by atoms with van der Waals surface area (Å²) in [7, 11) is 0. The monoisotopic (exact) mass is 93.1 g/mol. The van der Waals surface area contributed by atoms with Gasteiger partial charge in [-0.1, -0.05) is 37.0 Å². The molecule has 0 saturated heterocycles. The second-order valence-electron chi connectivity index (χ2n) is 1.34. The maximum atomic E-state index is 5.26. The molecule has 0 amide bonds. The van der Waals surface area contributed by atoms with Gasteiger partial charge in [-0.15, -0.1) is 0 Å². The van der Waals surface area contributed by atoms with Gasteiger partial charge in [-0.2, -0.15) is 0 Å². The highest BCUT2D eigenvalue weighted by molar-refractivity contribution is 5.13. The molecule has 0 saturated carbocycles. The molecule has 0 heteroatoms. The van der Waals surface area contributed by atoms with Gasteiger partial charge in [0.2, 0.25) is 0 Å². The molecule has 0 aliphatic carbocycles. The van der Waals surface area contributed by atoms with E-state index in [0.29, 0.717) is 0 Å². The fraction of sp³-hybridized carbons (Fsp3) is 0.143. The highest BCUT2D eigenvalue weighted by Gasteiger charge is 1.65. The predicted molar refractivity (Wildman–Crippen MR) is 32.8 cm³/mol. The number of hydrogen-bond donors (Lipinski definition) is 0. The number of rotatable bonds is 2. The van der Waals surface area contributed by atoms with Crippen molar-refractivity contribution in [1.82, 2.24) is 0 Å². The Balaban J connectivity index is 3.46. The summed E-state index contributed by atoms with van der Waals surface area (Å²) in [4.78, 5) is 0. The molecule has 0 aromatic heterocycles. The topological polar surface area (TPSA) is 0 Å². The summed E-state index contributed by atoms with van der Waals surface area (Å²) < 4.78 is 0. The Bertz CT molecular complexity index is 96.6. The summed E-state index contributed by atoms with van der Waals surface area (Å²) in [5.74, 6) is 0. The largest absolute Gasteiger partial charge is 0.0991 e. The van der Waals surface area contributed by atoms with Crippen molar-refractivity contribution in [3.63, 3.8) is 0 Å². The van der Waals surface area contributed by atoms with Crippen LogP contribution in [-0.2, 0) is 0 Å². The van der Waals surface area contributed by atoms with Crippen molar-refractivity contribution in [2.24, 2.45) is 0 Å². The second-order valence-corrected chi connectivity index (χ2v) is 1.34. The molecule has 0 aliphatic rings. The molecule has 0 atom stereocenters. The van der Waals surface area contributed by atoms with E-state index in [2.05, 4.69) is 6.58 Å². The third-order valence-corrected chi connectivity index (χ3v) is 0.495. The zero-order valence-corrected chi connectivity index (χ0v) is 4.52. The summed E-state index contributed by atoms with van der Waals surface area (Å²) in [6, 6.07) is 0. The minimum absolute atomic E-state index is 0.805. The summed E-state index contributed by atoms with van der Waals surface area (Å²) in [5, 5.41) is 0. The smallest absolute Gasteiger partial charge is 0.0398 e. The molecule has 0 aromatic rings. The zero-order valence-electron chi connectivity index (χ0n) is 4.52. The lowest BCUT2D eigenvalue weighted by Crippen LogP contribution is -1.56. The van der Waals surface area contributed by atoms with Crippen LogP contribution in [0.1, 0.15) is 6.92 Å². The van der Waals surface area contributed by atoms with Crippen LogP contribution >= 0.6 is 0 Å². The minimum Gasteiger partial charge on any atom is -0.0991 e. The maximum Gasteiger partial charge on any atom is -0.0398 e. The van der Waals surface area contributed by atoms with Gasteiger partial charge in [-0.25, -0.2) is 0 Å². The van der Waals surface area contributed by atoms with E-state index in [1.165, 1.54) is 0 Å². The van der Waals surface area contributed by atoms with Crippen LogP contribution in [0, 0.1) is 6.58 Å². The Morgan fingerprint density at radius 2 is 2.29 bits per heavy atom. The number of allylic oxidation sites excluding steroid dienone is 4. The first-order chi connectivity index (χ1) is 3.27. The van der Waals surface area contributed by atoms with Crippen LogP contribution in [0.25, 0.3) is 0 Å². The van der Waals surface area contributed by atoms with Crippen LogP contribution < -0.4 is 0 Å². The van der Waals surface area contributed by atoms with Crippen LogP contribution in [0.15, 0.2) is 30.4 Å². The highest BCUT2D eigenvalue weighted by Crippen LogP contribution is 1.86. The third kappa shape index (κ3) is 5.22. The summed E-state index contributed by atoms with van der Waals surface area (Å²) >= 11 is 0. The predicted octanol–water partition coefficient (Wildman–Crippen LogP) is 2.11. The molecule has 7 heavy (non-hydrogen) atoms. The van der Waals surface area contributed by atoms with E-state index in [9.17, 15) is 0 Å². The molecule has 0 rings (SSSR count). The Kier molecular flexibility index (Phi) is 3.03. The lowest BCUT2D eigenvalue weighted by Gasteiger charge is -1.76. The Labute approximate surface area is 44.9 Å². The van der Waals surface area contributed by atoms with E-state index in [4.69, 9.17) is 6.58 Å². The molecule has 1 radical (unpaired) electrons. The summed E-state index contributed by atoms with van der Waals surface area (Å²) in [6.45, 7) is 10.6. The fourth-order valence-corrected chi connectivity index (χ4v) is 0.220. The van der Waals surface area contributed by atoms with E-state index < -0.39 is 0 Å². The Hall–Kier alpha value is -0.780. The van der Waals surface area contributed by atoms with Gasteiger partial charge >= 0.3 is 0 Å². The lowest BCUT2D eigenvalue weighted by molar-refractivity contribution is 1.55. The van der Waals surface area contributed by atoms with Gasteiger partial charge in [0.25, 0.3) is 0 Å². The average Bonchev–Trinajstić information content (AvgIpc) is 1.61. The molecule has 0 spiro atoms. The van der Waals surface area contributed by atoms with Gasteiger partial charge < -0.3 is 0 Å². The molecule has 0 heterocycles. The van der Waals surface area contributed by atoms with Crippen LogP contribution in [0.3, 0.4) is 0 Å². The molecule has 0 aromatic carbocycles. The highest BCUT2D eigenvalue weighted by atomic mass is 13.7. The standard InChI is InChI=1S/C7H9/c1-4-5-6-7(2)3/h2,4-6H,1H2,3H3/b6-5+,7-2?. The van der Waals surface area contributed by atoms with E-state index in [1.807, 2.05) is 6.92 Å². The van der Waals surface area contributed by atoms with Gasteiger partial charge in [0.1, 0.15) is 0 Å². The van der Waals surface area contributed by atoms with E-state index in [-0.39, 0.29) is 0 Å². The van der Waals surface area contributed by atoms with Gasteiger partial charge in [-0.3, -0.25) is 0 Å². The van der Waals surface area contributed by atoms with Gasteiger partial charge in [-0.05, 0) is 6.92 Å². The van der Waals surface area contributed by atoms with Crippen LogP contribution in [0.5, 0.6) is 0 Å². The molecule has 0 unspecified atom stereocenters. The first-order valence-corrected chi connectivity index (χ1v) is 2.15. The molecule has 0 fully saturated rings. The van der Waals surface area contributed by atoms with Crippen molar-refractivity contribution in [3.8, 4) is 0 Å². The summed E-state index contributed by atoms with van der Waals surface area (Å²) in [5.41, 5.74) is 0.805. The van der Waals surface area contributed by atoms with Crippen LogP contribution in [-0.4, -0.2) is 0 Å². The maximum absolute atomic E-state index is 5.26. The molecule has 0 aliphatic heterocycles. The van der Waals surface area contributed by atoms with Crippen molar-refractivity contribution in [2.75, 3.05) is 0 Å². The zero-order chi connectivity index (χ0) is 5.70. The quantitative estimate of drug-likeness (QED) is 0.459. The SMILES string of the molecule is [CH]=C(C)/C=C/C=C. The first-order valence-electron chi connectivity index (χ1n) is 2.15. The van der Waals surface area contributed by atoms with Crippen molar-refractivity contribution in [1.29, 1.82) is 0 Å². The molecular formula is C7H9. The fourth-order valence-electron chi connectivity index (χ4n) is 0.220. The second kappa shape index (κ2) is 3.41. The van der Waals surface area contributed by atoms with Gasteiger partial charge in [0, 0.05) is 0 Å². The van der Waals surface area contributed by atoms with Crippen molar-refractivity contribution >= 4 is 0 Å². The lowest BCUT2D eigenvalue weighted by atomic mass is 10.3. The first kappa shape index (κ1) is 6.22. The van der Waals surface area contributed by atoms with Crippen LogP contribution in [0.4, 0.5) is 0 Å². The Morgan fingerprint density at radius 3 is 2.43 bits per heavy atom. The van der Waals surface area contributed by atoms with Gasteiger partial charge in [0.05, 0.1) is 0 Å². The van der Waals surface area contributed by atoms with E-state index in [1.54, 1.807) is 18.2 Å².